The summed E-state index contributed by atoms with van der Waals surface area (Å²) in [6, 6.07) is 15.1. The van der Waals surface area contributed by atoms with Crippen molar-refractivity contribution in [3.63, 3.8) is 0 Å². The molecule has 2 aromatic rings. The van der Waals surface area contributed by atoms with E-state index in [2.05, 4.69) is 19.2 Å². The van der Waals surface area contributed by atoms with Crippen LogP contribution in [0.5, 0.6) is 5.75 Å². The molecule has 0 aliphatic heterocycles. The van der Waals surface area contributed by atoms with Crippen molar-refractivity contribution in [1.29, 1.82) is 0 Å². The van der Waals surface area contributed by atoms with Gasteiger partial charge in [0, 0.05) is 23.9 Å². The number of carbonyl (C=O) groups is 1. The topological polar surface area (TPSA) is 64.3 Å². The summed E-state index contributed by atoms with van der Waals surface area (Å²) in [6.07, 6.45) is 1.12. The molecule has 0 heterocycles. The summed E-state index contributed by atoms with van der Waals surface area (Å²) in [6.45, 7) is 4.86. The number of ether oxygens (including phenoxy) is 1. The first-order valence-corrected chi connectivity index (χ1v) is 7.90. The zero-order valence-electron chi connectivity index (χ0n) is 13.7. The maximum Gasteiger partial charge on any atom is 0.224 e. The van der Waals surface area contributed by atoms with Gasteiger partial charge < -0.3 is 15.8 Å². The number of anilines is 2. The van der Waals surface area contributed by atoms with Gasteiger partial charge in [0.1, 0.15) is 5.75 Å². The molecule has 0 aromatic heterocycles. The summed E-state index contributed by atoms with van der Waals surface area (Å²) >= 11 is 0. The van der Waals surface area contributed by atoms with Gasteiger partial charge in [0.15, 0.2) is 0 Å². The minimum Gasteiger partial charge on any atom is -0.493 e. The zero-order chi connectivity index (χ0) is 16.7. The minimum atomic E-state index is -0.0113. The van der Waals surface area contributed by atoms with Crippen LogP contribution in [0.3, 0.4) is 0 Å². The number of hydrogen-bond donors (Lipinski definition) is 2. The SMILES string of the molecule is CC(C)COc1cccc(NC(=O)CCc2ccc(N)cc2)c1. The van der Waals surface area contributed by atoms with Gasteiger partial charge in [0.2, 0.25) is 5.91 Å². The van der Waals surface area contributed by atoms with E-state index in [9.17, 15) is 4.79 Å². The molecule has 0 unspecified atom stereocenters. The normalized spacial score (nSPS) is 10.6. The van der Waals surface area contributed by atoms with E-state index in [-0.39, 0.29) is 5.91 Å². The van der Waals surface area contributed by atoms with Crippen molar-refractivity contribution < 1.29 is 9.53 Å². The second-order valence-corrected chi connectivity index (χ2v) is 6.02. The standard InChI is InChI=1S/C19H24N2O2/c1-14(2)13-23-18-5-3-4-17(12-18)21-19(22)11-8-15-6-9-16(20)10-7-15/h3-7,9-10,12,14H,8,11,13,20H2,1-2H3,(H,21,22). The van der Waals surface area contributed by atoms with Crippen LogP contribution in [-0.4, -0.2) is 12.5 Å². The van der Waals surface area contributed by atoms with E-state index in [4.69, 9.17) is 10.5 Å². The molecule has 0 saturated carbocycles. The predicted octanol–water partition coefficient (Wildman–Crippen LogP) is 3.87. The number of benzene rings is 2. The van der Waals surface area contributed by atoms with Crippen LogP contribution < -0.4 is 15.8 Å². The summed E-state index contributed by atoms with van der Waals surface area (Å²) in [7, 11) is 0. The molecule has 0 radical (unpaired) electrons. The van der Waals surface area contributed by atoms with Crippen LogP contribution in [0.4, 0.5) is 11.4 Å². The van der Waals surface area contributed by atoms with Gasteiger partial charge in [-0.25, -0.2) is 0 Å². The molecule has 0 bridgehead atoms. The Balaban J connectivity index is 1.84. The van der Waals surface area contributed by atoms with Crippen LogP contribution in [-0.2, 0) is 11.2 Å². The number of hydrogen-bond acceptors (Lipinski definition) is 3. The van der Waals surface area contributed by atoms with E-state index < -0.39 is 0 Å². The molecular formula is C19H24N2O2. The summed E-state index contributed by atoms with van der Waals surface area (Å²) in [5.74, 6) is 1.23. The van der Waals surface area contributed by atoms with Gasteiger partial charge in [-0.2, -0.15) is 0 Å². The van der Waals surface area contributed by atoms with Crippen LogP contribution in [0, 0.1) is 5.92 Å². The highest BCUT2D eigenvalue weighted by molar-refractivity contribution is 5.91. The van der Waals surface area contributed by atoms with Crippen LogP contribution in [0.15, 0.2) is 48.5 Å². The summed E-state index contributed by atoms with van der Waals surface area (Å²) < 4.78 is 5.67. The molecule has 4 nitrogen and oxygen atoms in total. The molecule has 0 fully saturated rings. The largest absolute Gasteiger partial charge is 0.493 e. The fourth-order valence-corrected chi connectivity index (χ4v) is 2.09. The number of aryl methyl sites for hydroxylation is 1. The maximum absolute atomic E-state index is 12.1. The van der Waals surface area contributed by atoms with E-state index in [1.165, 1.54) is 0 Å². The second kappa shape index (κ2) is 8.22. The number of amides is 1. The molecule has 122 valence electrons. The summed E-state index contributed by atoms with van der Waals surface area (Å²) in [5.41, 5.74) is 8.24. The number of nitrogens with one attached hydrogen (secondary N) is 1. The average molecular weight is 312 g/mol. The molecule has 1 amide bonds. The average Bonchev–Trinajstić information content (AvgIpc) is 2.53. The first kappa shape index (κ1) is 16.9. The number of nitrogens with two attached hydrogens (primary N) is 1. The predicted molar refractivity (Wildman–Crippen MR) is 94.6 cm³/mol. The first-order valence-electron chi connectivity index (χ1n) is 7.90. The molecule has 0 saturated heterocycles. The molecule has 4 heteroatoms. The van der Waals surface area contributed by atoms with Crippen molar-refractivity contribution in [3.05, 3.63) is 54.1 Å². The van der Waals surface area contributed by atoms with Crippen molar-refractivity contribution in [2.45, 2.75) is 26.7 Å². The van der Waals surface area contributed by atoms with E-state index in [1.54, 1.807) is 0 Å². The Morgan fingerprint density at radius 1 is 1.17 bits per heavy atom. The van der Waals surface area contributed by atoms with Crippen LogP contribution in [0.25, 0.3) is 0 Å². The third-order valence-corrected chi connectivity index (χ3v) is 3.32. The van der Waals surface area contributed by atoms with Crippen LogP contribution in [0.1, 0.15) is 25.8 Å². The summed E-state index contributed by atoms with van der Waals surface area (Å²) in [5, 5.41) is 2.91. The fourth-order valence-electron chi connectivity index (χ4n) is 2.09. The molecule has 0 atom stereocenters. The van der Waals surface area contributed by atoms with Crippen LogP contribution >= 0.6 is 0 Å². The zero-order valence-corrected chi connectivity index (χ0v) is 13.7. The molecule has 0 spiro atoms. The number of rotatable bonds is 7. The fraction of sp³-hybridized carbons (Fsp3) is 0.316. The minimum absolute atomic E-state index is 0.0113. The monoisotopic (exact) mass is 312 g/mol. The third-order valence-electron chi connectivity index (χ3n) is 3.32. The Bertz CT molecular complexity index is 636. The van der Waals surface area contributed by atoms with Gasteiger partial charge >= 0.3 is 0 Å². The van der Waals surface area contributed by atoms with Crippen LogP contribution in [0.2, 0.25) is 0 Å². The highest BCUT2D eigenvalue weighted by Gasteiger charge is 2.05. The lowest BCUT2D eigenvalue weighted by molar-refractivity contribution is -0.116. The molecule has 2 rings (SSSR count). The smallest absolute Gasteiger partial charge is 0.224 e. The Morgan fingerprint density at radius 3 is 2.61 bits per heavy atom. The van der Waals surface area contributed by atoms with Crippen molar-refractivity contribution in [2.24, 2.45) is 5.92 Å². The molecule has 2 aromatic carbocycles. The van der Waals surface area contributed by atoms with Gasteiger partial charge in [0.25, 0.3) is 0 Å². The van der Waals surface area contributed by atoms with Gasteiger partial charge in [0.05, 0.1) is 6.61 Å². The van der Waals surface area contributed by atoms with E-state index in [0.29, 0.717) is 25.4 Å². The first-order chi connectivity index (χ1) is 11.0. The molecule has 23 heavy (non-hydrogen) atoms. The van der Waals surface area contributed by atoms with Gasteiger partial charge in [-0.15, -0.1) is 0 Å². The highest BCUT2D eigenvalue weighted by Crippen LogP contribution is 2.18. The molecule has 3 N–H and O–H groups in total. The molecular weight excluding hydrogens is 288 g/mol. The van der Waals surface area contributed by atoms with E-state index in [0.717, 1.165) is 22.7 Å². The third kappa shape index (κ3) is 6.02. The van der Waals surface area contributed by atoms with E-state index >= 15 is 0 Å². The van der Waals surface area contributed by atoms with Crippen molar-refractivity contribution >= 4 is 17.3 Å². The lowest BCUT2D eigenvalue weighted by Gasteiger charge is -2.11. The summed E-state index contributed by atoms with van der Waals surface area (Å²) in [4.78, 5) is 12.1. The Kier molecular flexibility index (Phi) is 6.03. The molecule has 0 aliphatic carbocycles. The van der Waals surface area contributed by atoms with Gasteiger partial charge in [-0.3, -0.25) is 4.79 Å². The van der Waals surface area contributed by atoms with E-state index in [1.807, 2.05) is 48.5 Å². The Hall–Kier alpha value is -2.49. The van der Waals surface area contributed by atoms with Crippen molar-refractivity contribution in [1.82, 2.24) is 0 Å². The Labute approximate surface area is 137 Å². The lowest BCUT2D eigenvalue weighted by Crippen LogP contribution is -2.12. The quantitative estimate of drug-likeness (QED) is 0.763. The second-order valence-electron chi connectivity index (χ2n) is 6.02. The number of nitrogen functional groups attached to an aromatic ring is 1. The lowest BCUT2D eigenvalue weighted by atomic mass is 10.1. The maximum atomic E-state index is 12.1. The van der Waals surface area contributed by atoms with Crippen molar-refractivity contribution in [2.75, 3.05) is 17.7 Å². The van der Waals surface area contributed by atoms with Gasteiger partial charge in [-0.05, 0) is 42.2 Å². The highest BCUT2D eigenvalue weighted by atomic mass is 16.5. The van der Waals surface area contributed by atoms with Gasteiger partial charge in [-0.1, -0.05) is 32.0 Å². The number of carbonyl (C=O) groups excluding carboxylic acids is 1. The Morgan fingerprint density at radius 2 is 1.91 bits per heavy atom. The molecule has 0 aliphatic rings. The van der Waals surface area contributed by atoms with Crippen molar-refractivity contribution in [3.8, 4) is 5.75 Å².